The van der Waals surface area contributed by atoms with E-state index in [1.807, 2.05) is 24.3 Å². The second-order valence-electron chi connectivity index (χ2n) is 4.98. The van der Waals surface area contributed by atoms with Gasteiger partial charge in [-0.3, -0.25) is 0 Å². The molecule has 0 aliphatic heterocycles. The van der Waals surface area contributed by atoms with Crippen molar-refractivity contribution < 1.29 is 8.78 Å². The second kappa shape index (κ2) is 7.23. The third-order valence-corrected chi connectivity index (χ3v) is 3.65. The van der Waals surface area contributed by atoms with E-state index in [4.69, 9.17) is 11.6 Å². The monoisotopic (exact) mass is 346 g/mol. The van der Waals surface area contributed by atoms with Crippen LogP contribution in [0.1, 0.15) is 5.56 Å². The summed E-state index contributed by atoms with van der Waals surface area (Å²) >= 11 is 6.10. The van der Waals surface area contributed by atoms with Crippen molar-refractivity contribution in [3.8, 4) is 0 Å². The van der Waals surface area contributed by atoms with Gasteiger partial charge in [-0.1, -0.05) is 29.8 Å². The number of hydrogen-bond donors (Lipinski definition) is 2. The molecule has 24 heavy (non-hydrogen) atoms. The number of hydrogen-bond acceptors (Lipinski definition) is 4. The fourth-order valence-corrected chi connectivity index (χ4v) is 2.28. The molecule has 3 aromatic rings. The van der Waals surface area contributed by atoms with Gasteiger partial charge in [0.05, 0.1) is 5.69 Å². The van der Waals surface area contributed by atoms with Crippen molar-refractivity contribution in [1.29, 1.82) is 0 Å². The normalized spacial score (nSPS) is 10.5. The highest BCUT2D eigenvalue weighted by molar-refractivity contribution is 6.31. The van der Waals surface area contributed by atoms with Gasteiger partial charge in [0.2, 0.25) is 0 Å². The summed E-state index contributed by atoms with van der Waals surface area (Å²) in [7, 11) is 0. The lowest BCUT2D eigenvalue weighted by molar-refractivity contribution is 0.586. The lowest BCUT2D eigenvalue weighted by Crippen LogP contribution is -2.04. The van der Waals surface area contributed by atoms with Crippen molar-refractivity contribution in [3.05, 3.63) is 77.1 Å². The largest absolute Gasteiger partial charge is 0.366 e. The van der Waals surface area contributed by atoms with Gasteiger partial charge < -0.3 is 10.6 Å². The highest BCUT2D eigenvalue weighted by atomic mass is 35.5. The number of nitrogens with one attached hydrogen (secondary N) is 2. The number of aromatic nitrogens is 2. The van der Waals surface area contributed by atoms with Crippen LogP contribution in [0.3, 0.4) is 0 Å². The van der Waals surface area contributed by atoms with Crippen LogP contribution in [0.5, 0.6) is 0 Å². The molecule has 0 bridgehead atoms. The molecule has 4 nitrogen and oxygen atoms in total. The molecule has 0 saturated carbocycles. The van der Waals surface area contributed by atoms with Crippen LogP contribution in [0.25, 0.3) is 0 Å². The first-order valence-electron chi connectivity index (χ1n) is 7.13. The van der Waals surface area contributed by atoms with Crippen LogP contribution in [-0.4, -0.2) is 9.97 Å². The summed E-state index contributed by atoms with van der Waals surface area (Å²) in [4.78, 5) is 8.13. The number of benzene rings is 2. The molecule has 3 rings (SSSR count). The van der Waals surface area contributed by atoms with Crippen LogP contribution < -0.4 is 10.6 Å². The topological polar surface area (TPSA) is 49.8 Å². The van der Waals surface area contributed by atoms with Crippen LogP contribution in [0.15, 0.2) is 54.9 Å². The zero-order chi connectivity index (χ0) is 16.9. The average molecular weight is 347 g/mol. The van der Waals surface area contributed by atoms with E-state index in [9.17, 15) is 8.78 Å². The minimum absolute atomic E-state index is 0.132. The number of anilines is 3. The van der Waals surface area contributed by atoms with Crippen molar-refractivity contribution in [3.63, 3.8) is 0 Å². The van der Waals surface area contributed by atoms with Crippen LogP contribution >= 0.6 is 11.6 Å². The van der Waals surface area contributed by atoms with Crippen molar-refractivity contribution in [2.45, 2.75) is 6.54 Å². The summed E-state index contributed by atoms with van der Waals surface area (Å²) in [5.41, 5.74) is 1.06. The first-order valence-corrected chi connectivity index (χ1v) is 7.51. The molecule has 0 unspecified atom stereocenters. The highest BCUT2D eigenvalue weighted by Gasteiger charge is 2.06. The second-order valence-corrected chi connectivity index (χ2v) is 5.39. The van der Waals surface area contributed by atoms with E-state index in [0.29, 0.717) is 23.2 Å². The zero-order valence-corrected chi connectivity index (χ0v) is 13.2. The summed E-state index contributed by atoms with van der Waals surface area (Å²) < 4.78 is 26.6. The Kier molecular flexibility index (Phi) is 4.86. The lowest BCUT2D eigenvalue weighted by atomic mass is 10.2. The summed E-state index contributed by atoms with van der Waals surface area (Å²) in [6.07, 6.45) is 1.35. The van der Waals surface area contributed by atoms with E-state index in [2.05, 4.69) is 20.6 Å². The molecule has 0 spiro atoms. The fraction of sp³-hybridized carbons (Fsp3) is 0.0588. The Hall–Kier alpha value is -2.73. The molecule has 7 heteroatoms. The number of halogens is 3. The highest BCUT2D eigenvalue weighted by Crippen LogP contribution is 2.21. The van der Waals surface area contributed by atoms with Crippen LogP contribution in [-0.2, 0) is 6.54 Å². The van der Waals surface area contributed by atoms with Crippen LogP contribution in [0.4, 0.5) is 26.1 Å². The van der Waals surface area contributed by atoms with Crippen molar-refractivity contribution >= 4 is 28.9 Å². The summed E-state index contributed by atoms with van der Waals surface area (Å²) in [6.45, 7) is 0.487. The third kappa shape index (κ3) is 3.97. The Labute approximate surface area is 142 Å². The molecule has 0 aliphatic rings. The molecule has 1 aromatic heterocycles. The summed E-state index contributed by atoms with van der Waals surface area (Å²) in [6, 6.07) is 12.4. The van der Waals surface area contributed by atoms with Gasteiger partial charge in [0.15, 0.2) is 0 Å². The molecule has 1 heterocycles. The first-order chi connectivity index (χ1) is 11.6. The van der Waals surface area contributed by atoms with Gasteiger partial charge in [-0.05, 0) is 23.8 Å². The SMILES string of the molecule is Fc1ccc(Nc2cc(NCc3ccccc3Cl)ncn2)c(F)c1. The molecular weight excluding hydrogens is 334 g/mol. The van der Waals surface area contributed by atoms with E-state index < -0.39 is 11.6 Å². The maximum atomic E-state index is 13.7. The van der Waals surface area contributed by atoms with Gasteiger partial charge >= 0.3 is 0 Å². The Bertz CT molecular complexity index is 857. The minimum Gasteiger partial charge on any atom is -0.366 e. The number of nitrogens with zero attached hydrogens (tertiary/aromatic N) is 2. The predicted octanol–water partition coefficient (Wildman–Crippen LogP) is 4.76. The molecule has 0 radical (unpaired) electrons. The third-order valence-electron chi connectivity index (χ3n) is 3.28. The van der Waals surface area contributed by atoms with Gasteiger partial charge in [-0.2, -0.15) is 0 Å². The van der Waals surface area contributed by atoms with E-state index in [-0.39, 0.29) is 5.69 Å². The van der Waals surface area contributed by atoms with Gasteiger partial charge in [0.1, 0.15) is 29.6 Å². The Balaban J connectivity index is 1.71. The molecular formula is C17H13ClF2N4. The molecule has 0 amide bonds. The Morgan fingerprint density at radius 3 is 2.54 bits per heavy atom. The van der Waals surface area contributed by atoms with Gasteiger partial charge in [0.25, 0.3) is 0 Å². The quantitative estimate of drug-likeness (QED) is 0.699. The van der Waals surface area contributed by atoms with E-state index in [1.54, 1.807) is 6.07 Å². The molecule has 0 aliphatic carbocycles. The lowest BCUT2D eigenvalue weighted by Gasteiger charge is -2.10. The molecule has 122 valence electrons. The van der Waals surface area contributed by atoms with Crippen LogP contribution in [0.2, 0.25) is 5.02 Å². The predicted molar refractivity (Wildman–Crippen MR) is 90.5 cm³/mol. The first kappa shape index (κ1) is 16.1. The van der Waals surface area contributed by atoms with Crippen LogP contribution in [0, 0.1) is 11.6 Å². The van der Waals surface area contributed by atoms with Gasteiger partial charge in [-0.15, -0.1) is 0 Å². The molecule has 0 atom stereocenters. The fourth-order valence-electron chi connectivity index (χ4n) is 2.08. The standard InChI is InChI=1S/C17H13ClF2N4/c18-13-4-2-1-3-11(13)9-21-16-8-17(23-10-22-16)24-15-6-5-12(19)7-14(15)20/h1-8,10H,9H2,(H2,21,22,23,24). The molecule has 2 N–H and O–H groups in total. The van der Waals surface area contributed by atoms with Crippen molar-refractivity contribution in [2.24, 2.45) is 0 Å². The molecule has 0 saturated heterocycles. The minimum atomic E-state index is -0.695. The van der Waals surface area contributed by atoms with Crippen molar-refractivity contribution in [2.75, 3.05) is 10.6 Å². The van der Waals surface area contributed by atoms with Gasteiger partial charge in [-0.25, -0.2) is 18.7 Å². The average Bonchev–Trinajstić information content (AvgIpc) is 2.57. The van der Waals surface area contributed by atoms with Crippen molar-refractivity contribution in [1.82, 2.24) is 9.97 Å². The van der Waals surface area contributed by atoms with Gasteiger partial charge in [0, 0.05) is 23.7 Å². The maximum absolute atomic E-state index is 13.7. The summed E-state index contributed by atoms with van der Waals surface area (Å²) in [5, 5.41) is 6.57. The summed E-state index contributed by atoms with van der Waals surface area (Å²) in [5.74, 6) is -0.394. The molecule has 2 aromatic carbocycles. The van der Waals surface area contributed by atoms with E-state index in [1.165, 1.54) is 18.5 Å². The Morgan fingerprint density at radius 1 is 0.958 bits per heavy atom. The number of rotatable bonds is 5. The zero-order valence-electron chi connectivity index (χ0n) is 12.4. The van der Waals surface area contributed by atoms with E-state index >= 15 is 0 Å². The Morgan fingerprint density at radius 2 is 1.75 bits per heavy atom. The molecule has 0 fully saturated rings. The maximum Gasteiger partial charge on any atom is 0.149 e. The van der Waals surface area contributed by atoms with E-state index in [0.717, 1.165) is 11.6 Å². The smallest absolute Gasteiger partial charge is 0.149 e.